The number of rotatable bonds is 6. The van der Waals surface area contributed by atoms with Crippen molar-refractivity contribution in [3.8, 4) is 5.75 Å². The third kappa shape index (κ3) is 5.59. The molecule has 0 radical (unpaired) electrons. The second kappa shape index (κ2) is 9.26. The molecule has 0 bridgehead atoms. The van der Waals surface area contributed by atoms with Crippen LogP contribution in [0, 0.1) is 5.92 Å². The van der Waals surface area contributed by atoms with Crippen LogP contribution in [0.4, 0.5) is 0 Å². The molecule has 1 aromatic rings. The van der Waals surface area contributed by atoms with Crippen LogP contribution in [0.2, 0.25) is 0 Å². The highest BCUT2D eigenvalue weighted by atomic mass is 35.5. The molecule has 3 rings (SSSR count). The minimum atomic E-state index is -3.05. The summed E-state index contributed by atoms with van der Waals surface area (Å²) >= 11 is 0. The first-order valence-electron chi connectivity index (χ1n) is 9.26. The topological polar surface area (TPSA) is 89.7 Å². The fourth-order valence-electron chi connectivity index (χ4n) is 4.03. The fraction of sp³-hybridized carbons (Fsp3) is 0.632. The molecule has 0 aromatic heterocycles. The zero-order chi connectivity index (χ0) is 18.7. The Kier molecular flexibility index (Phi) is 7.54. The maximum atomic E-state index is 13.0. The number of nitrogens with zero attached hydrogens (tertiary/aromatic N) is 1. The second-order valence-electron chi connectivity index (χ2n) is 7.49. The number of halogens is 1. The van der Waals surface area contributed by atoms with E-state index in [1.165, 1.54) is 0 Å². The van der Waals surface area contributed by atoms with Gasteiger partial charge >= 0.3 is 0 Å². The molecule has 1 heterocycles. The molecule has 2 fully saturated rings. The molecule has 2 N–H and O–H groups in total. The summed E-state index contributed by atoms with van der Waals surface area (Å²) in [5.74, 6) is 1.20. The number of sulfone groups is 1. The van der Waals surface area contributed by atoms with Crippen LogP contribution in [-0.2, 0) is 21.2 Å². The van der Waals surface area contributed by atoms with E-state index in [4.69, 9.17) is 10.5 Å². The van der Waals surface area contributed by atoms with Gasteiger partial charge in [0.2, 0.25) is 5.91 Å². The zero-order valence-electron chi connectivity index (χ0n) is 15.7. The van der Waals surface area contributed by atoms with Crippen molar-refractivity contribution in [1.29, 1.82) is 0 Å². The molecule has 1 aliphatic heterocycles. The molecule has 152 valence electrons. The smallest absolute Gasteiger partial charge is 0.223 e. The molecule has 1 aliphatic carbocycles. The predicted octanol–water partition coefficient (Wildman–Crippen LogP) is 2.15. The van der Waals surface area contributed by atoms with E-state index < -0.39 is 9.84 Å². The molecular weight excluding hydrogens is 388 g/mol. The van der Waals surface area contributed by atoms with Crippen LogP contribution in [0.3, 0.4) is 0 Å². The molecule has 1 unspecified atom stereocenters. The van der Waals surface area contributed by atoms with Crippen molar-refractivity contribution in [3.63, 3.8) is 0 Å². The van der Waals surface area contributed by atoms with Gasteiger partial charge in [-0.15, -0.1) is 12.4 Å². The van der Waals surface area contributed by atoms with Gasteiger partial charge in [0, 0.05) is 25.0 Å². The molecule has 8 heteroatoms. The maximum Gasteiger partial charge on any atom is 0.223 e. The highest BCUT2D eigenvalue weighted by molar-refractivity contribution is 7.91. The quantitative estimate of drug-likeness (QED) is 0.767. The fourth-order valence-corrected chi connectivity index (χ4v) is 5.76. The summed E-state index contributed by atoms with van der Waals surface area (Å²) in [6.45, 7) is 0.422. The molecule has 3 atom stereocenters. The average Bonchev–Trinajstić information content (AvgIpc) is 3.18. The lowest BCUT2D eigenvalue weighted by molar-refractivity contribution is -0.134. The Morgan fingerprint density at radius 1 is 1.22 bits per heavy atom. The Morgan fingerprint density at radius 2 is 1.93 bits per heavy atom. The van der Waals surface area contributed by atoms with Crippen LogP contribution >= 0.6 is 12.4 Å². The third-order valence-corrected chi connectivity index (χ3v) is 7.39. The predicted molar refractivity (Wildman–Crippen MR) is 108 cm³/mol. The van der Waals surface area contributed by atoms with Crippen molar-refractivity contribution in [2.24, 2.45) is 11.7 Å². The number of hydrogen-bond acceptors (Lipinski definition) is 5. The van der Waals surface area contributed by atoms with Gasteiger partial charge in [0.25, 0.3) is 0 Å². The van der Waals surface area contributed by atoms with Crippen molar-refractivity contribution < 1.29 is 17.9 Å². The first-order valence-corrected chi connectivity index (χ1v) is 11.1. The maximum absolute atomic E-state index is 13.0. The van der Waals surface area contributed by atoms with E-state index in [0.29, 0.717) is 19.4 Å². The summed E-state index contributed by atoms with van der Waals surface area (Å²) in [5.41, 5.74) is 7.10. The minimum Gasteiger partial charge on any atom is -0.497 e. The number of nitrogens with two attached hydrogens (primary N) is 1. The highest BCUT2D eigenvalue weighted by Crippen LogP contribution is 2.29. The van der Waals surface area contributed by atoms with Crippen LogP contribution in [0.25, 0.3) is 0 Å². The van der Waals surface area contributed by atoms with Gasteiger partial charge in [0.05, 0.1) is 18.6 Å². The lowest BCUT2D eigenvalue weighted by atomic mass is 9.98. The normalized spacial score (nSPS) is 26.4. The number of carbonyl (C=O) groups excluding carboxylic acids is 1. The summed E-state index contributed by atoms with van der Waals surface area (Å²) in [4.78, 5) is 14.8. The second-order valence-corrected chi connectivity index (χ2v) is 9.71. The van der Waals surface area contributed by atoms with Crippen molar-refractivity contribution in [2.45, 2.75) is 50.7 Å². The standard InChI is InChI=1S/C19H28N2O4S.ClH/c1-25-17-7-5-14(6-8-17)12-21(16-9-10-26(23,24)13-16)19(22)11-15-3-2-4-18(15)20;/h5-8,15-16,18H,2-4,9-13,20H2,1H3;1H/t15-,16?,18+;/m0./s1. The summed E-state index contributed by atoms with van der Waals surface area (Å²) in [6, 6.07) is 7.39. The van der Waals surface area contributed by atoms with Gasteiger partial charge in [0.15, 0.2) is 9.84 Å². The largest absolute Gasteiger partial charge is 0.497 e. The molecule has 2 aliphatic rings. The molecule has 27 heavy (non-hydrogen) atoms. The van der Waals surface area contributed by atoms with Crippen LogP contribution in [0.15, 0.2) is 24.3 Å². The van der Waals surface area contributed by atoms with Gasteiger partial charge in [-0.1, -0.05) is 18.6 Å². The summed E-state index contributed by atoms with van der Waals surface area (Å²) < 4.78 is 29.0. The van der Waals surface area contributed by atoms with Crippen LogP contribution in [0.5, 0.6) is 5.75 Å². The van der Waals surface area contributed by atoms with E-state index >= 15 is 0 Å². The van der Waals surface area contributed by atoms with Gasteiger partial charge < -0.3 is 15.4 Å². The van der Waals surface area contributed by atoms with E-state index in [0.717, 1.165) is 30.6 Å². The monoisotopic (exact) mass is 416 g/mol. The number of carbonyl (C=O) groups is 1. The van der Waals surface area contributed by atoms with E-state index in [1.807, 2.05) is 24.3 Å². The summed E-state index contributed by atoms with van der Waals surface area (Å²) in [5, 5.41) is 0. The molecule has 1 aromatic carbocycles. The van der Waals surface area contributed by atoms with Crippen molar-refractivity contribution in [2.75, 3.05) is 18.6 Å². The molecule has 1 saturated carbocycles. The average molecular weight is 417 g/mol. The van der Waals surface area contributed by atoms with Crippen molar-refractivity contribution in [1.82, 2.24) is 4.90 Å². The van der Waals surface area contributed by atoms with E-state index in [9.17, 15) is 13.2 Å². The lowest BCUT2D eigenvalue weighted by Crippen LogP contribution is -2.42. The first kappa shape index (κ1) is 22.0. The number of amides is 1. The Balaban J connectivity index is 0.00000261. The van der Waals surface area contributed by atoms with E-state index in [1.54, 1.807) is 12.0 Å². The summed E-state index contributed by atoms with van der Waals surface area (Å²) in [6.07, 6.45) is 3.94. The molecule has 0 spiro atoms. The number of benzene rings is 1. The number of ether oxygens (including phenoxy) is 1. The Labute approximate surface area is 167 Å². The van der Waals surface area contributed by atoms with Gasteiger partial charge in [-0.2, -0.15) is 0 Å². The Morgan fingerprint density at radius 3 is 2.44 bits per heavy atom. The first-order chi connectivity index (χ1) is 12.4. The Hall–Kier alpha value is -1.31. The summed E-state index contributed by atoms with van der Waals surface area (Å²) in [7, 11) is -1.44. The molecule has 1 amide bonds. The van der Waals surface area contributed by atoms with E-state index in [-0.39, 0.29) is 47.8 Å². The van der Waals surface area contributed by atoms with Crippen LogP contribution in [-0.4, -0.2) is 49.9 Å². The Bertz CT molecular complexity index is 739. The molecule has 6 nitrogen and oxygen atoms in total. The number of methoxy groups -OCH3 is 1. The lowest BCUT2D eigenvalue weighted by Gasteiger charge is -2.30. The van der Waals surface area contributed by atoms with Crippen molar-refractivity contribution in [3.05, 3.63) is 29.8 Å². The molecule has 1 saturated heterocycles. The number of hydrogen-bond donors (Lipinski definition) is 1. The van der Waals surface area contributed by atoms with Gasteiger partial charge in [-0.3, -0.25) is 4.79 Å². The van der Waals surface area contributed by atoms with Crippen LogP contribution < -0.4 is 10.5 Å². The molecular formula is C19H29ClN2O4S. The third-order valence-electron chi connectivity index (χ3n) is 5.64. The van der Waals surface area contributed by atoms with Crippen LogP contribution in [0.1, 0.15) is 37.7 Å². The van der Waals surface area contributed by atoms with Gasteiger partial charge in [-0.25, -0.2) is 8.42 Å². The SMILES string of the molecule is COc1ccc(CN(C(=O)C[C@@H]2CCC[C@H]2N)C2CCS(=O)(=O)C2)cc1.Cl. The van der Waals surface area contributed by atoms with Gasteiger partial charge in [0.1, 0.15) is 5.75 Å². The minimum absolute atomic E-state index is 0. The van der Waals surface area contributed by atoms with E-state index in [2.05, 4.69) is 0 Å². The highest BCUT2D eigenvalue weighted by Gasteiger charge is 2.36. The zero-order valence-corrected chi connectivity index (χ0v) is 17.3. The van der Waals surface area contributed by atoms with Crippen molar-refractivity contribution >= 4 is 28.2 Å². The van der Waals surface area contributed by atoms with Gasteiger partial charge in [-0.05, 0) is 42.9 Å².